The Morgan fingerprint density at radius 3 is 2.89 bits per heavy atom. The van der Waals surface area contributed by atoms with E-state index in [1.165, 1.54) is 0 Å². The van der Waals surface area contributed by atoms with Crippen molar-refractivity contribution in [3.63, 3.8) is 0 Å². The van der Waals surface area contributed by atoms with Crippen LogP contribution in [0, 0.1) is 0 Å². The van der Waals surface area contributed by atoms with Crippen molar-refractivity contribution in [3.8, 4) is 0 Å². The fourth-order valence-corrected chi connectivity index (χ4v) is 1.93. The highest BCUT2D eigenvalue weighted by atomic mass is 16.7. The predicted molar refractivity (Wildman–Crippen MR) is 70.1 cm³/mol. The lowest BCUT2D eigenvalue weighted by molar-refractivity contribution is 0.00215. The molecule has 1 aromatic carbocycles. The molecule has 5 heteroatoms. The van der Waals surface area contributed by atoms with E-state index in [4.69, 9.17) is 9.57 Å². The molecule has 0 radical (unpaired) electrons. The van der Waals surface area contributed by atoms with Gasteiger partial charge in [-0.05, 0) is 19.1 Å². The molecule has 0 bridgehead atoms. The zero-order chi connectivity index (χ0) is 12.8. The molecule has 2 aromatic rings. The predicted octanol–water partition coefficient (Wildman–Crippen LogP) is 1.72. The topological polar surface area (TPSA) is 48.3 Å². The van der Waals surface area contributed by atoms with Gasteiger partial charge in [-0.25, -0.2) is 4.98 Å². The fourth-order valence-electron chi connectivity index (χ4n) is 1.93. The average molecular weight is 249 g/mol. The summed E-state index contributed by atoms with van der Waals surface area (Å²) in [4.78, 5) is 9.84. The summed E-state index contributed by atoms with van der Waals surface area (Å²) >= 11 is 0. The molecule has 18 heavy (non-hydrogen) atoms. The van der Waals surface area contributed by atoms with Crippen LogP contribution in [0.15, 0.2) is 24.3 Å². The molecule has 0 saturated carbocycles. The van der Waals surface area contributed by atoms with Crippen molar-refractivity contribution < 1.29 is 9.57 Å². The van der Waals surface area contributed by atoms with Crippen molar-refractivity contribution in [1.82, 2.24) is 15.0 Å². The van der Waals surface area contributed by atoms with E-state index < -0.39 is 0 Å². The van der Waals surface area contributed by atoms with Crippen LogP contribution >= 0.6 is 0 Å². The minimum Gasteiger partial charge on any atom is -0.382 e. The minimum absolute atomic E-state index is 0.531. The molecule has 1 aromatic heterocycles. The molecule has 0 saturated heterocycles. The van der Waals surface area contributed by atoms with E-state index in [1.54, 1.807) is 7.11 Å². The number of hydroxylamine groups is 1. The number of fused-ring (bicyclic) bond motifs is 1. The SMILES string of the molecule is CCn1c(CNOCCOC)nc2ccccc21. The molecule has 1 heterocycles. The van der Waals surface area contributed by atoms with Gasteiger partial charge in [-0.2, -0.15) is 5.48 Å². The van der Waals surface area contributed by atoms with Gasteiger partial charge in [0.2, 0.25) is 0 Å². The molecule has 0 aliphatic rings. The Bertz CT molecular complexity index is 496. The van der Waals surface area contributed by atoms with Gasteiger partial charge in [-0.15, -0.1) is 0 Å². The summed E-state index contributed by atoms with van der Waals surface area (Å²) in [6.45, 7) is 4.71. The summed E-state index contributed by atoms with van der Waals surface area (Å²) < 4.78 is 7.08. The Hall–Kier alpha value is -1.43. The van der Waals surface area contributed by atoms with Gasteiger partial charge < -0.3 is 9.30 Å². The third kappa shape index (κ3) is 2.87. The molecule has 0 spiro atoms. The van der Waals surface area contributed by atoms with Crippen molar-refractivity contribution in [1.29, 1.82) is 0 Å². The van der Waals surface area contributed by atoms with Gasteiger partial charge in [0.15, 0.2) is 0 Å². The second-order valence-corrected chi connectivity index (χ2v) is 3.92. The number of nitrogens with one attached hydrogen (secondary N) is 1. The minimum atomic E-state index is 0.531. The number of aryl methyl sites for hydroxylation is 1. The first kappa shape index (κ1) is 13.0. The lowest BCUT2D eigenvalue weighted by atomic mass is 10.3. The summed E-state index contributed by atoms with van der Waals surface area (Å²) in [5.74, 6) is 0.983. The number of aromatic nitrogens is 2. The first-order valence-electron chi connectivity index (χ1n) is 6.14. The summed E-state index contributed by atoms with van der Waals surface area (Å²) in [7, 11) is 1.65. The third-order valence-electron chi connectivity index (χ3n) is 2.77. The first-order chi connectivity index (χ1) is 8.86. The van der Waals surface area contributed by atoms with Crippen LogP contribution in [0.25, 0.3) is 11.0 Å². The monoisotopic (exact) mass is 249 g/mol. The lowest BCUT2D eigenvalue weighted by Gasteiger charge is -2.07. The van der Waals surface area contributed by atoms with Crippen molar-refractivity contribution in [2.45, 2.75) is 20.0 Å². The molecule has 5 nitrogen and oxygen atoms in total. The zero-order valence-electron chi connectivity index (χ0n) is 10.8. The summed E-state index contributed by atoms with van der Waals surface area (Å²) in [6.07, 6.45) is 0. The van der Waals surface area contributed by atoms with Crippen LogP contribution in [0.1, 0.15) is 12.7 Å². The molecule has 1 N–H and O–H groups in total. The first-order valence-corrected chi connectivity index (χ1v) is 6.14. The van der Waals surface area contributed by atoms with Crippen LogP contribution in [0.3, 0.4) is 0 Å². The van der Waals surface area contributed by atoms with Crippen molar-refractivity contribution in [2.24, 2.45) is 0 Å². The second kappa shape index (κ2) is 6.49. The van der Waals surface area contributed by atoms with E-state index in [9.17, 15) is 0 Å². The van der Waals surface area contributed by atoms with Gasteiger partial charge in [0.05, 0.1) is 30.8 Å². The molecular formula is C13H19N3O2. The number of nitrogens with zero attached hydrogens (tertiary/aromatic N) is 2. The van der Waals surface area contributed by atoms with E-state index in [1.807, 2.05) is 18.2 Å². The van der Waals surface area contributed by atoms with E-state index >= 15 is 0 Å². The second-order valence-electron chi connectivity index (χ2n) is 3.92. The van der Waals surface area contributed by atoms with Gasteiger partial charge in [0.25, 0.3) is 0 Å². The lowest BCUT2D eigenvalue weighted by Crippen LogP contribution is -2.19. The highest BCUT2D eigenvalue weighted by Crippen LogP contribution is 2.15. The van der Waals surface area contributed by atoms with Crippen LogP contribution in [0.2, 0.25) is 0 Å². The van der Waals surface area contributed by atoms with Crippen LogP contribution in [0.4, 0.5) is 0 Å². The standard InChI is InChI=1S/C13H19N3O2/c1-3-16-12-7-5-4-6-11(12)15-13(16)10-14-18-9-8-17-2/h4-7,14H,3,8-10H2,1-2H3. The summed E-state index contributed by atoms with van der Waals surface area (Å²) in [6, 6.07) is 8.14. The third-order valence-corrected chi connectivity index (χ3v) is 2.77. The number of para-hydroxylation sites is 2. The molecule has 2 rings (SSSR count). The number of hydrogen-bond acceptors (Lipinski definition) is 4. The van der Waals surface area contributed by atoms with Crippen LogP contribution in [-0.4, -0.2) is 29.9 Å². The normalized spacial score (nSPS) is 11.2. The van der Waals surface area contributed by atoms with Gasteiger partial charge in [0, 0.05) is 13.7 Å². The number of hydrogen-bond donors (Lipinski definition) is 1. The Morgan fingerprint density at radius 1 is 1.28 bits per heavy atom. The highest BCUT2D eigenvalue weighted by Gasteiger charge is 2.08. The molecule has 98 valence electrons. The van der Waals surface area contributed by atoms with Crippen molar-refractivity contribution in [2.75, 3.05) is 20.3 Å². The Labute approximate surface area is 107 Å². The van der Waals surface area contributed by atoms with E-state index in [0.29, 0.717) is 19.8 Å². The maximum absolute atomic E-state index is 5.25. The van der Waals surface area contributed by atoms with Crippen molar-refractivity contribution >= 4 is 11.0 Å². The van der Waals surface area contributed by atoms with Crippen LogP contribution in [0.5, 0.6) is 0 Å². The molecule has 0 fully saturated rings. The number of methoxy groups -OCH3 is 1. The number of rotatable bonds is 7. The molecule has 0 atom stereocenters. The Kier molecular flexibility index (Phi) is 4.69. The number of imidazole rings is 1. The fraction of sp³-hybridized carbons (Fsp3) is 0.462. The molecular weight excluding hydrogens is 230 g/mol. The maximum Gasteiger partial charge on any atom is 0.126 e. The zero-order valence-corrected chi connectivity index (χ0v) is 10.8. The summed E-state index contributed by atoms with van der Waals surface area (Å²) in [5, 5.41) is 0. The molecule has 0 unspecified atom stereocenters. The van der Waals surface area contributed by atoms with E-state index in [0.717, 1.165) is 23.4 Å². The van der Waals surface area contributed by atoms with Crippen molar-refractivity contribution in [3.05, 3.63) is 30.1 Å². The van der Waals surface area contributed by atoms with Gasteiger partial charge in [-0.1, -0.05) is 12.1 Å². The van der Waals surface area contributed by atoms with Crippen LogP contribution < -0.4 is 5.48 Å². The van der Waals surface area contributed by atoms with Gasteiger partial charge in [0.1, 0.15) is 5.82 Å². The van der Waals surface area contributed by atoms with E-state index in [2.05, 4.69) is 28.0 Å². The Balaban J connectivity index is 2.03. The van der Waals surface area contributed by atoms with E-state index in [-0.39, 0.29) is 0 Å². The number of ether oxygens (including phenoxy) is 1. The Morgan fingerprint density at radius 2 is 2.11 bits per heavy atom. The highest BCUT2D eigenvalue weighted by molar-refractivity contribution is 5.75. The molecule has 0 aliphatic heterocycles. The average Bonchev–Trinajstić information content (AvgIpc) is 2.76. The quantitative estimate of drug-likeness (QED) is 0.599. The van der Waals surface area contributed by atoms with Gasteiger partial charge in [-0.3, -0.25) is 4.84 Å². The smallest absolute Gasteiger partial charge is 0.126 e. The van der Waals surface area contributed by atoms with Crippen LogP contribution in [-0.2, 0) is 22.7 Å². The molecule has 0 amide bonds. The molecule has 0 aliphatic carbocycles. The number of benzene rings is 1. The maximum atomic E-state index is 5.25. The van der Waals surface area contributed by atoms with Gasteiger partial charge >= 0.3 is 0 Å². The largest absolute Gasteiger partial charge is 0.382 e. The summed E-state index contributed by atoms with van der Waals surface area (Å²) in [5.41, 5.74) is 5.09.